The van der Waals surface area contributed by atoms with Crippen LogP contribution in [0.5, 0.6) is 0 Å². The second kappa shape index (κ2) is 7.68. The molecule has 26 heavy (non-hydrogen) atoms. The highest BCUT2D eigenvalue weighted by Crippen LogP contribution is 2.47. The smallest absolute Gasteiger partial charge is 0.252 e. The Kier molecular flexibility index (Phi) is 5.14. The third-order valence-electron chi connectivity index (χ3n) is 4.91. The van der Waals surface area contributed by atoms with Crippen LogP contribution in [-0.2, 0) is 11.2 Å². The first-order chi connectivity index (χ1) is 12.8. The number of thiophene rings is 1. The Morgan fingerprint density at radius 1 is 1.00 bits per heavy atom. The first-order valence-corrected chi connectivity index (χ1v) is 10.7. The van der Waals surface area contributed by atoms with Crippen molar-refractivity contribution in [3.8, 4) is 0 Å². The summed E-state index contributed by atoms with van der Waals surface area (Å²) in [7, 11) is 0. The van der Waals surface area contributed by atoms with Gasteiger partial charge in [-0.05, 0) is 42.0 Å². The molecule has 2 nitrogen and oxygen atoms in total. The molecule has 4 rings (SSSR count). The molecule has 0 unspecified atom stereocenters. The first kappa shape index (κ1) is 17.4. The van der Waals surface area contributed by atoms with E-state index in [9.17, 15) is 4.79 Å². The van der Waals surface area contributed by atoms with E-state index in [0.29, 0.717) is 6.54 Å². The number of hydrogen-bond acceptors (Lipinski definition) is 3. The fourth-order valence-electron chi connectivity index (χ4n) is 3.18. The molecule has 0 saturated heterocycles. The fourth-order valence-corrected chi connectivity index (χ4v) is 5.00. The van der Waals surface area contributed by atoms with Crippen LogP contribution in [0.15, 0.2) is 77.0 Å². The molecule has 1 fully saturated rings. The molecular weight excluding hydrogens is 358 g/mol. The summed E-state index contributed by atoms with van der Waals surface area (Å²) in [6, 6.07) is 22.6. The lowest BCUT2D eigenvalue weighted by Gasteiger charge is -2.17. The van der Waals surface area contributed by atoms with Crippen molar-refractivity contribution >= 4 is 29.0 Å². The summed E-state index contributed by atoms with van der Waals surface area (Å²) < 4.78 is 0. The van der Waals surface area contributed by atoms with Gasteiger partial charge >= 0.3 is 0 Å². The Morgan fingerprint density at radius 2 is 1.77 bits per heavy atom. The van der Waals surface area contributed by atoms with E-state index < -0.39 is 0 Å². The quantitative estimate of drug-likeness (QED) is 0.549. The molecule has 0 atom stereocenters. The highest BCUT2D eigenvalue weighted by Gasteiger charge is 2.44. The number of thioether (sulfide) groups is 1. The van der Waals surface area contributed by atoms with Crippen LogP contribution in [0.1, 0.15) is 33.6 Å². The summed E-state index contributed by atoms with van der Waals surface area (Å²) in [6.07, 6.45) is 2.29. The molecule has 1 heterocycles. The lowest BCUT2D eigenvalue weighted by Crippen LogP contribution is -2.32. The van der Waals surface area contributed by atoms with E-state index in [1.54, 1.807) is 23.1 Å². The molecule has 1 N–H and O–H groups in total. The van der Waals surface area contributed by atoms with Crippen molar-refractivity contribution in [3.05, 3.63) is 88.1 Å². The van der Waals surface area contributed by atoms with Gasteiger partial charge < -0.3 is 5.32 Å². The van der Waals surface area contributed by atoms with Crippen molar-refractivity contribution in [2.45, 2.75) is 28.9 Å². The molecule has 0 bridgehead atoms. The minimum absolute atomic E-state index is 0.0292. The van der Waals surface area contributed by atoms with Gasteiger partial charge in [-0.15, -0.1) is 23.1 Å². The summed E-state index contributed by atoms with van der Waals surface area (Å²) in [5.74, 6) is 0.928. The molecule has 0 radical (unpaired) electrons. The summed E-state index contributed by atoms with van der Waals surface area (Å²) >= 11 is 3.48. The minimum atomic E-state index is 0.0292. The van der Waals surface area contributed by atoms with Crippen molar-refractivity contribution in [2.75, 3.05) is 6.54 Å². The predicted molar refractivity (Wildman–Crippen MR) is 110 cm³/mol. The van der Waals surface area contributed by atoms with E-state index in [1.165, 1.54) is 10.4 Å². The van der Waals surface area contributed by atoms with Gasteiger partial charge in [-0.1, -0.05) is 48.5 Å². The minimum Gasteiger partial charge on any atom is -0.351 e. The maximum atomic E-state index is 12.8. The molecule has 1 saturated carbocycles. The van der Waals surface area contributed by atoms with Gasteiger partial charge in [0, 0.05) is 27.5 Å². The van der Waals surface area contributed by atoms with Crippen LogP contribution >= 0.6 is 23.1 Å². The second-order valence-corrected chi connectivity index (χ2v) is 8.74. The standard InChI is InChI=1S/C22H21NOS2/c24-21(23-16-22(12-13-22)17-7-2-1-3-8-17)19-10-4-5-11-20(19)26-15-18-9-6-14-25-18/h1-11,14H,12-13,15-16H2,(H,23,24). The van der Waals surface area contributed by atoms with Gasteiger partial charge in [0.15, 0.2) is 0 Å². The number of amides is 1. The molecule has 4 heteroatoms. The van der Waals surface area contributed by atoms with Crippen molar-refractivity contribution in [3.63, 3.8) is 0 Å². The first-order valence-electron chi connectivity index (χ1n) is 8.85. The number of hydrogen-bond donors (Lipinski definition) is 1. The number of carbonyl (C=O) groups excluding carboxylic acids is 1. The van der Waals surface area contributed by atoms with Gasteiger partial charge in [-0.2, -0.15) is 0 Å². The summed E-state index contributed by atoms with van der Waals surface area (Å²) in [4.78, 5) is 15.2. The Balaban J connectivity index is 1.42. The van der Waals surface area contributed by atoms with E-state index in [-0.39, 0.29) is 11.3 Å². The van der Waals surface area contributed by atoms with Crippen LogP contribution in [0.25, 0.3) is 0 Å². The third kappa shape index (κ3) is 3.87. The lowest BCUT2D eigenvalue weighted by atomic mass is 9.96. The van der Waals surface area contributed by atoms with Crippen LogP contribution in [0.3, 0.4) is 0 Å². The van der Waals surface area contributed by atoms with Gasteiger partial charge in [0.25, 0.3) is 5.91 Å². The number of nitrogens with one attached hydrogen (secondary N) is 1. The lowest BCUT2D eigenvalue weighted by molar-refractivity contribution is 0.0947. The molecule has 2 aromatic carbocycles. The van der Waals surface area contributed by atoms with Crippen molar-refractivity contribution in [1.29, 1.82) is 0 Å². The van der Waals surface area contributed by atoms with Gasteiger partial charge in [-0.3, -0.25) is 4.79 Å². The highest BCUT2D eigenvalue weighted by molar-refractivity contribution is 7.98. The average Bonchev–Trinajstić information content (AvgIpc) is 3.31. The van der Waals surface area contributed by atoms with E-state index in [2.05, 4.69) is 47.1 Å². The van der Waals surface area contributed by atoms with Gasteiger partial charge in [0.2, 0.25) is 0 Å². The Hall–Kier alpha value is -2.04. The van der Waals surface area contributed by atoms with Crippen molar-refractivity contribution in [2.24, 2.45) is 0 Å². The largest absolute Gasteiger partial charge is 0.351 e. The zero-order valence-electron chi connectivity index (χ0n) is 14.5. The summed E-state index contributed by atoms with van der Waals surface area (Å²) in [5.41, 5.74) is 2.24. The highest BCUT2D eigenvalue weighted by atomic mass is 32.2. The van der Waals surface area contributed by atoms with E-state index in [1.807, 2.05) is 30.3 Å². The Morgan fingerprint density at radius 3 is 2.50 bits per heavy atom. The molecule has 132 valence electrons. The molecule has 1 amide bonds. The molecule has 3 aromatic rings. The van der Waals surface area contributed by atoms with Crippen molar-refractivity contribution in [1.82, 2.24) is 5.32 Å². The number of benzene rings is 2. The van der Waals surface area contributed by atoms with E-state index in [0.717, 1.165) is 29.1 Å². The zero-order valence-corrected chi connectivity index (χ0v) is 16.1. The van der Waals surface area contributed by atoms with Crippen LogP contribution in [0, 0.1) is 0 Å². The normalized spacial score (nSPS) is 14.8. The van der Waals surface area contributed by atoms with Crippen LogP contribution in [0.4, 0.5) is 0 Å². The van der Waals surface area contributed by atoms with E-state index in [4.69, 9.17) is 0 Å². The zero-order chi connectivity index (χ0) is 17.8. The Bertz CT molecular complexity index is 870. The molecule has 0 spiro atoms. The average molecular weight is 380 g/mol. The van der Waals surface area contributed by atoms with Crippen LogP contribution < -0.4 is 5.32 Å². The predicted octanol–water partition coefficient (Wildman–Crippen LogP) is 5.50. The summed E-state index contributed by atoms with van der Waals surface area (Å²) in [5, 5.41) is 5.27. The third-order valence-corrected chi connectivity index (χ3v) is 7.09. The second-order valence-electron chi connectivity index (χ2n) is 6.69. The van der Waals surface area contributed by atoms with Crippen LogP contribution in [0.2, 0.25) is 0 Å². The monoisotopic (exact) mass is 379 g/mol. The van der Waals surface area contributed by atoms with Gasteiger partial charge in [0.1, 0.15) is 0 Å². The number of rotatable bonds is 7. The van der Waals surface area contributed by atoms with Crippen LogP contribution in [-0.4, -0.2) is 12.5 Å². The molecule has 1 aliphatic carbocycles. The summed E-state index contributed by atoms with van der Waals surface area (Å²) in [6.45, 7) is 0.708. The molecule has 1 aromatic heterocycles. The molecule has 1 aliphatic rings. The maximum absolute atomic E-state index is 12.8. The van der Waals surface area contributed by atoms with Crippen molar-refractivity contribution < 1.29 is 4.79 Å². The number of carbonyl (C=O) groups is 1. The molecule has 0 aliphatic heterocycles. The Labute approximate surface area is 162 Å². The van der Waals surface area contributed by atoms with Gasteiger partial charge in [-0.25, -0.2) is 0 Å². The molecular formula is C22H21NOS2. The topological polar surface area (TPSA) is 29.1 Å². The SMILES string of the molecule is O=C(NCC1(c2ccccc2)CC1)c1ccccc1SCc1cccs1. The van der Waals surface area contributed by atoms with E-state index >= 15 is 0 Å². The van der Waals surface area contributed by atoms with Gasteiger partial charge in [0.05, 0.1) is 5.56 Å². The maximum Gasteiger partial charge on any atom is 0.252 e. The fraction of sp³-hybridized carbons (Fsp3) is 0.227.